The van der Waals surface area contributed by atoms with E-state index in [4.69, 9.17) is 15.2 Å². The number of nitrogens with zero attached hydrogens (tertiary/aromatic N) is 2. The van der Waals surface area contributed by atoms with Gasteiger partial charge >= 0.3 is 0 Å². The van der Waals surface area contributed by atoms with E-state index in [1.54, 1.807) is 0 Å². The molecule has 2 heterocycles. The minimum absolute atomic E-state index is 0.205. The number of hydrogen-bond acceptors (Lipinski definition) is 5. The van der Waals surface area contributed by atoms with Gasteiger partial charge in [0.15, 0.2) is 0 Å². The van der Waals surface area contributed by atoms with Crippen molar-refractivity contribution in [2.45, 2.75) is 19.8 Å². The fourth-order valence-electron chi connectivity index (χ4n) is 3.75. The maximum absolute atomic E-state index is 13.1. The lowest BCUT2D eigenvalue weighted by atomic mass is 9.78. The van der Waals surface area contributed by atoms with Gasteiger partial charge in [-0.2, -0.15) is 0 Å². The molecule has 25 heavy (non-hydrogen) atoms. The predicted molar refractivity (Wildman–Crippen MR) is 97.9 cm³/mol. The maximum Gasteiger partial charge on any atom is 0.230 e. The van der Waals surface area contributed by atoms with Gasteiger partial charge in [-0.3, -0.25) is 4.79 Å². The largest absolute Gasteiger partial charge is 0.492 e. The Kier molecular flexibility index (Phi) is 5.81. The smallest absolute Gasteiger partial charge is 0.230 e. The number of hydrogen-bond donors (Lipinski definition) is 1. The second-order valence-electron chi connectivity index (χ2n) is 6.78. The molecule has 6 nitrogen and oxygen atoms in total. The van der Waals surface area contributed by atoms with Crippen LogP contribution in [0.15, 0.2) is 24.3 Å². The lowest BCUT2D eigenvalue weighted by molar-refractivity contribution is -0.147. The Balaban J connectivity index is 1.65. The van der Waals surface area contributed by atoms with Gasteiger partial charge in [0.2, 0.25) is 5.91 Å². The minimum Gasteiger partial charge on any atom is -0.492 e. The summed E-state index contributed by atoms with van der Waals surface area (Å²) in [6, 6.07) is 8.11. The van der Waals surface area contributed by atoms with E-state index < -0.39 is 5.41 Å². The maximum atomic E-state index is 13.1. The SMILES string of the molecule is CCOc1ccccc1N1CCN(C(=O)C2(CN)CCOCC2)CC1. The zero-order valence-corrected chi connectivity index (χ0v) is 15.1. The molecule has 0 radical (unpaired) electrons. The van der Waals surface area contributed by atoms with Crippen molar-refractivity contribution in [3.05, 3.63) is 24.3 Å². The third-order valence-electron chi connectivity index (χ3n) is 5.37. The van der Waals surface area contributed by atoms with Crippen LogP contribution in [0.5, 0.6) is 5.75 Å². The molecule has 138 valence electrons. The van der Waals surface area contributed by atoms with E-state index >= 15 is 0 Å². The monoisotopic (exact) mass is 347 g/mol. The Morgan fingerprint density at radius 1 is 1.20 bits per heavy atom. The van der Waals surface area contributed by atoms with Gasteiger partial charge in [-0.1, -0.05) is 12.1 Å². The average Bonchev–Trinajstić information content (AvgIpc) is 2.69. The van der Waals surface area contributed by atoms with Crippen LogP contribution in [0, 0.1) is 5.41 Å². The summed E-state index contributed by atoms with van der Waals surface area (Å²) >= 11 is 0. The van der Waals surface area contributed by atoms with Crippen molar-refractivity contribution in [1.29, 1.82) is 0 Å². The standard InChI is InChI=1S/C19H29N3O3/c1-2-25-17-6-4-3-5-16(17)21-9-11-22(12-10-21)18(23)19(15-20)7-13-24-14-8-19/h3-6H,2,7-15,20H2,1H3. The third-order valence-corrected chi connectivity index (χ3v) is 5.37. The molecule has 0 aliphatic carbocycles. The summed E-state index contributed by atoms with van der Waals surface area (Å²) in [5, 5.41) is 0. The summed E-state index contributed by atoms with van der Waals surface area (Å²) in [5.74, 6) is 1.11. The van der Waals surface area contributed by atoms with Crippen molar-refractivity contribution in [1.82, 2.24) is 4.90 Å². The summed E-state index contributed by atoms with van der Waals surface area (Å²) in [7, 11) is 0. The normalized spacial score (nSPS) is 20.4. The van der Waals surface area contributed by atoms with Gasteiger partial charge in [0.1, 0.15) is 5.75 Å². The number of para-hydroxylation sites is 2. The van der Waals surface area contributed by atoms with Crippen LogP contribution >= 0.6 is 0 Å². The Labute approximate surface area is 149 Å². The van der Waals surface area contributed by atoms with Gasteiger partial charge < -0.3 is 25.0 Å². The number of ether oxygens (including phenoxy) is 2. The summed E-state index contributed by atoms with van der Waals surface area (Å²) in [4.78, 5) is 17.3. The van der Waals surface area contributed by atoms with E-state index in [2.05, 4.69) is 11.0 Å². The van der Waals surface area contributed by atoms with E-state index in [1.807, 2.05) is 30.0 Å². The van der Waals surface area contributed by atoms with Gasteiger partial charge in [-0.25, -0.2) is 0 Å². The van der Waals surface area contributed by atoms with E-state index in [-0.39, 0.29) is 5.91 Å². The van der Waals surface area contributed by atoms with Crippen LogP contribution in [-0.4, -0.2) is 63.4 Å². The third kappa shape index (κ3) is 3.75. The molecule has 0 atom stereocenters. The van der Waals surface area contributed by atoms with Crippen LogP contribution < -0.4 is 15.4 Å². The molecule has 2 fully saturated rings. The number of nitrogens with two attached hydrogens (primary N) is 1. The zero-order valence-electron chi connectivity index (χ0n) is 15.1. The van der Waals surface area contributed by atoms with E-state index in [9.17, 15) is 4.79 Å². The fourth-order valence-corrected chi connectivity index (χ4v) is 3.75. The van der Waals surface area contributed by atoms with Crippen molar-refractivity contribution in [2.24, 2.45) is 11.1 Å². The molecule has 3 rings (SSSR count). The number of anilines is 1. The van der Waals surface area contributed by atoms with Gasteiger partial charge in [0.25, 0.3) is 0 Å². The summed E-state index contributed by atoms with van der Waals surface area (Å²) < 4.78 is 11.2. The summed E-state index contributed by atoms with van der Waals surface area (Å²) in [6.07, 6.45) is 1.46. The molecule has 1 amide bonds. The first kappa shape index (κ1) is 18.0. The molecule has 1 aromatic rings. The molecule has 2 aliphatic heterocycles. The first-order chi connectivity index (χ1) is 12.2. The second-order valence-corrected chi connectivity index (χ2v) is 6.78. The molecule has 6 heteroatoms. The first-order valence-corrected chi connectivity index (χ1v) is 9.24. The lowest BCUT2D eigenvalue weighted by Crippen LogP contribution is -2.56. The molecule has 0 saturated carbocycles. The molecule has 1 aromatic carbocycles. The number of carbonyl (C=O) groups is 1. The fraction of sp³-hybridized carbons (Fsp3) is 0.632. The van der Waals surface area contributed by atoms with Gasteiger partial charge in [0.05, 0.1) is 17.7 Å². The number of amides is 1. The highest BCUT2D eigenvalue weighted by Gasteiger charge is 2.42. The zero-order chi connectivity index (χ0) is 17.7. The van der Waals surface area contributed by atoms with E-state index in [0.717, 1.165) is 50.5 Å². The van der Waals surface area contributed by atoms with Crippen LogP contribution in [0.1, 0.15) is 19.8 Å². The highest BCUT2D eigenvalue weighted by molar-refractivity contribution is 5.83. The number of benzene rings is 1. The number of rotatable bonds is 5. The molecule has 2 N–H and O–H groups in total. The van der Waals surface area contributed by atoms with Crippen LogP contribution in [0.3, 0.4) is 0 Å². The van der Waals surface area contributed by atoms with Crippen molar-refractivity contribution >= 4 is 11.6 Å². The lowest BCUT2D eigenvalue weighted by Gasteiger charge is -2.43. The Bertz CT molecular complexity index is 579. The van der Waals surface area contributed by atoms with Crippen LogP contribution in [-0.2, 0) is 9.53 Å². The van der Waals surface area contributed by atoms with Gasteiger partial charge in [0, 0.05) is 45.9 Å². The van der Waals surface area contributed by atoms with E-state index in [0.29, 0.717) is 26.4 Å². The second kappa shape index (κ2) is 8.06. The Morgan fingerprint density at radius 2 is 1.88 bits per heavy atom. The average molecular weight is 347 g/mol. The van der Waals surface area contributed by atoms with Crippen molar-refractivity contribution in [3.8, 4) is 5.75 Å². The molecule has 0 aromatic heterocycles. The highest BCUT2D eigenvalue weighted by Crippen LogP contribution is 2.33. The molecule has 0 unspecified atom stereocenters. The van der Waals surface area contributed by atoms with Crippen molar-refractivity contribution < 1.29 is 14.3 Å². The molecular formula is C19H29N3O3. The van der Waals surface area contributed by atoms with Crippen molar-refractivity contribution in [2.75, 3.05) is 57.4 Å². The van der Waals surface area contributed by atoms with Crippen LogP contribution in [0.4, 0.5) is 5.69 Å². The highest BCUT2D eigenvalue weighted by atomic mass is 16.5. The Morgan fingerprint density at radius 3 is 2.52 bits per heavy atom. The number of piperazine rings is 1. The molecule has 0 bridgehead atoms. The summed E-state index contributed by atoms with van der Waals surface area (Å²) in [5.41, 5.74) is 6.67. The first-order valence-electron chi connectivity index (χ1n) is 9.24. The summed E-state index contributed by atoms with van der Waals surface area (Å²) in [6.45, 7) is 7.38. The Hall–Kier alpha value is -1.79. The quantitative estimate of drug-likeness (QED) is 0.874. The van der Waals surface area contributed by atoms with Crippen molar-refractivity contribution in [3.63, 3.8) is 0 Å². The molecular weight excluding hydrogens is 318 g/mol. The number of carbonyl (C=O) groups excluding carboxylic acids is 1. The van der Waals surface area contributed by atoms with Gasteiger partial charge in [-0.15, -0.1) is 0 Å². The van der Waals surface area contributed by atoms with Crippen LogP contribution in [0.2, 0.25) is 0 Å². The topological polar surface area (TPSA) is 68.0 Å². The predicted octanol–water partition coefficient (Wildman–Crippen LogP) is 1.49. The molecule has 0 spiro atoms. The van der Waals surface area contributed by atoms with Crippen LogP contribution in [0.25, 0.3) is 0 Å². The minimum atomic E-state index is -0.427. The molecule has 2 aliphatic rings. The molecule has 2 saturated heterocycles. The van der Waals surface area contributed by atoms with E-state index in [1.165, 1.54) is 0 Å². The van der Waals surface area contributed by atoms with Gasteiger partial charge in [-0.05, 0) is 31.9 Å².